The summed E-state index contributed by atoms with van der Waals surface area (Å²) in [7, 11) is 0. The number of rotatable bonds is 6. The van der Waals surface area contributed by atoms with Gasteiger partial charge in [-0.2, -0.15) is 0 Å². The van der Waals surface area contributed by atoms with Gasteiger partial charge in [0.15, 0.2) is 0 Å². The first kappa shape index (κ1) is 19.4. The summed E-state index contributed by atoms with van der Waals surface area (Å²) in [5, 5.41) is 20.4. The Labute approximate surface area is 161 Å². The van der Waals surface area contributed by atoms with Gasteiger partial charge < -0.3 is 19.4 Å². The van der Waals surface area contributed by atoms with Crippen molar-refractivity contribution in [2.45, 2.75) is 32.6 Å². The van der Waals surface area contributed by atoms with Crippen molar-refractivity contribution in [3.8, 4) is 5.75 Å². The first-order chi connectivity index (χ1) is 13.3. The number of carbonyl (C=O) groups is 2. The number of ketones is 1. The van der Waals surface area contributed by atoms with E-state index in [1.807, 2.05) is 0 Å². The number of hydrogen-bond donors (Lipinski definition) is 2. The highest BCUT2D eigenvalue weighted by atomic mass is 16.4. The fourth-order valence-corrected chi connectivity index (χ4v) is 3.44. The predicted octanol–water partition coefficient (Wildman–Crippen LogP) is 3.81. The third kappa shape index (κ3) is 3.81. The maximum atomic E-state index is 12.6. The van der Waals surface area contributed by atoms with Gasteiger partial charge in [-0.15, -0.1) is 0 Å². The van der Waals surface area contributed by atoms with E-state index in [0.717, 1.165) is 0 Å². The van der Waals surface area contributed by atoms with Crippen molar-refractivity contribution >= 4 is 22.7 Å². The van der Waals surface area contributed by atoms with Crippen molar-refractivity contribution in [3.63, 3.8) is 0 Å². The summed E-state index contributed by atoms with van der Waals surface area (Å²) in [5.74, 6) is -2.04. The predicted molar refractivity (Wildman–Crippen MR) is 104 cm³/mol. The van der Waals surface area contributed by atoms with Crippen LogP contribution in [-0.4, -0.2) is 22.0 Å². The van der Waals surface area contributed by atoms with Gasteiger partial charge in [-0.05, 0) is 49.6 Å². The zero-order valence-electron chi connectivity index (χ0n) is 15.6. The van der Waals surface area contributed by atoms with Gasteiger partial charge in [0.2, 0.25) is 0 Å². The fraction of sp³-hybridized carbons (Fsp3) is 0.227. The summed E-state index contributed by atoms with van der Waals surface area (Å²) in [6, 6.07) is 11.6. The highest BCUT2D eigenvalue weighted by molar-refractivity contribution is 5.89. The van der Waals surface area contributed by atoms with Crippen LogP contribution >= 0.6 is 0 Å². The van der Waals surface area contributed by atoms with Crippen LogP contribution in [0, 0.1) is 6.92 Å². The van der Waals surface area contributed by atoms with Crippen LogP contribution in [0.15, 0.2) is 51.7 Å². The lowest BCUT2D eigenvalue weighted by Gasteiger charge is -2.17. The second kappa shape index (κ2) is 7.68. The summed E-state index contributed by atoms with van der Waals surface area (Å²) in [6.45, 7) is 3.11. The number of aromatic hydroxyl groups is 1. The molecule has 0 aliphatic carbocycles. The number of para-hydroxylation sites is 1. The van der Waals surface area contributed by atoms with Crippen LogP contribution in [0.25, 0.3) is 11.0 Å². The van der Waals surface area contributed by atoms with E-state index in [1.165, 1.54) is 13.0 Å². The quantitative estimate of drug-likeness (QED) is 0.630. The Morgan fingerprint density at radius 1 is 1.14 bits per heavy atom. The largest absolute Gasteiger partial charge is 0.507 e. The lowest BCUT2D eigenvalue weighted by Crippen LogP contribution is -2.17. The standard InChI is InChI=1S/C22H20O6/c1-12-7-8-14(11-17(12)21(25)26)10-15(9-13(2)23)19-20(24)16-5-3-4-6-18(16)28-22(19)27/h3-8,11,15,24H,9-10H2,1-2H3,(H,25,26). The number of Topliss-reactive ketones (excluding diaryl/α,β-unsaturated/α-hetero) is 1. The number of carboxylic acids is 1. The van der Waals surface area contributed by atoms with E-state index in [9.17, 15) is 24.6 Å². The van der Waals surface area contributed by atoms with Gasteiger partial charge in [0.1, 0.15) is 17.1 Å². The smallest absolute Gasteiger partial charge is 0.343 e. The molecule has 0 saturated carbocycles. The summed E-state index contributed by atoms with van der Waals surface area (Å²) in [5.41, 5.74) is 1.03. The van der Waals surface area contributed by atoms with Gasteiger partial charge in [-0.25, -0.2) is 9.59 Å². The van der Waals surface area contributed by atoms with Gasteiger partial charge in [-0.1, -0.05) is 24.3 Å². The van der Waals surface area contributed by atoms with E-state index >= 15 is 0 Å². The number of fused-ring (bicyclic) bond motifs is 1. The van der Waals surface area contributed by atoms with Gasteiger partial charge in [0.05, 0.1) is 16.5 Å². The van der Waals surface area contributed by atoms with Crippen molar-refractivity contribution in [2.75, 3.05) is 0 Å². The Morgan fingerprint density at radius 3 is 2.54 bits per heavy atom. The van der Waals surface area contributed by atoms with Crippen molar-refractivity contribution in [1.82, 2.24) is 0 Å². The minimum Gasteiger partial charge on any atom is -0.507 e. The molecule has 0 spiro atoms. The average Bonchev–Trinajstić information content (AvgIpc) is 2.62. The van der Waals surface area contributed by atoms with Crippen LogP contribution < -0.4 is 5.63 Å². The van der Waals surface area contributed by atoms with Crippen LogP contribution in [0.2, 0.25) is 0 Å². The Balaban J connectivity index is 2.11. The van der Waals surface area contributed by atoms with E-state index in [2.05, 4.69) is 0 Å². The van der Waals surface area contributed by atoms with Crippen molar-refractivity contribution in [3.05, 3.63) is 75.1 Å². The van der Waals surface area contributed by atoms with Crippen LogP contribution in [0.3, 0.4) is 0 Å². The first-order valence-corrected chi connectivity index (χ1v) is 8.85. The molecule has 0 bridgehead atoms. The maximum absolute atomic E-state index is 12.6. The SMILES string of the molecule is CC(=O)CC(Cc1ccc(C)c(C(=O)O)c1)c1c(O)c2ccccc2oc1=O. The molecule has 0 saturated heterocycles. The van der Waals surface area contributed by atoms with Crippen LogP contribution in [-0.2, 0) is 11.2 Å². The highest BCUT2D eigenvalue weighted by Crippen LogP contribution is 2.34. The lowest BCUT2D eigenvalue weighted by atomic mass is 9.87. The zero-order chi connectivity index (χ0) is 20.4. The molecule has 2 N–H and O–H groups in total. The summed E-state index contributed by atoms with van der Waals surface area (Å²) in [4.78, 5) is 35.8. The van der Waals surface area contributed by atoms with Crippen LogP contribution in [0.1, 0.15) is 46.3 Å². The fourth-order valence-electron chi connectivity index (χ4n) is 3.44. The number of benzene rings is 2. The topological polar surface area (TPSA) is 105 Å². The summed E-state index contributed by atoms with van der Waals surface area (Å²) >= 11 is 0. The molecule has 0 radical (unpaired) electrons. The molecule has 1 atom stereocenters. The summed E-state index contributed by atoms with van der Waals surface area (Å²) < 4.78 is 5.33. The normalized spacial score (nSPS) is 12.1. The number of aryl methyl sites for hydroxylation is 1. The highest BCUT2D eigenvalue weighted by Gasteiger charge is 2.25. The molecule has 6 nitrogen and oxygen atoms in total. The number of carboxylic acid groups (broad SMARTS) is 1. The molecular formula is C22H20O6. The monoisotopic (exact) mass is 380 g/mol. The summed E-state index contributed by atoms with van der Waals surface area (Å²) in [6.07, 6.45) is 0.240. The van der Waals surface area contributed by atoms with Crippen LogP contribution in [0.4, 0.5) is 0 Å². The number of hydrogen-bond acceptors (Lipinski definition) is 5. The lowest BCUT2D eigenvalue weighted by molar-refractivity contribution is -0.117. The Kier molecular flexibility index (Phi) is 5.31. The number of carbonyl (C=O) groups excluding carboxylic acids is 1. The molecule has 2 aromatic carbocycles. The molecule has 0 fully saturated rings. The van der Waals surface area contributed by atoms with E-state index < -0.39 is 17.5 Å². The third-order valence-electron chi connectivity index (χ3n) is 4.78. The van der Waals surface area contributed by atoms with Gasteiger partial charge in [0, 0.05) is 12.3 Å². The molecule has 0 aliphatic rings. The molecular weight excluding hydrogens is 360 g/mol. The third-order valence-corrected chi connectivity index (χ3v) is 4.78. The van der Waals surface area contributed by atoms with Crippen LogP contribution in [0.5, 0.6) is 5.75 Å². The van der Waals surface area contributed by atoms with E-state index in [0.29, 0.717) is 16.5 Å². The molecule has 6 heteroatoms. The molecule has 1 heterocycles. The van der Waals surface area contributed by atoms with Crippen molar-refractivity contribution in [1.29, 1.82) is 0 Å². The van der Waals surface area contributed by atoms with Crippen molar-refractivity contribution < 1.29 is 24.2 Å². The van der Waals surface area contributed by atoms with E-state index in [1.54, 1.807) is 43.3 Å². The molecule has 3 aromatic rings. The Morgan fingerprint density at radius 2 is 1.86 bits per heavy atom. The number of aromatic carboxylic acids is 1. The molecule has 0 amide bonds. The van der Waals surface area contributed by atoms with Gasteiger partial charge >= 0.3 is 11.6 Å². The average molecular weight is 380 g/mol. The molecule has 3 rings (SSSR count). The first-order valence-electron chi connectivity index (χ1n) is 8.85. The molecule has 1 unspecified atom stereocenters. The Bertz CT molecular complexity index is 1130. The maximum Gasteiger partial charge on any atom is 0.343 e. The van der Waals surface area contributed by atoms with Crippen molar-refractivity contribution in [2.24, 2.45) is 0 Å². The Hall–Kier alpha value is -3.41. The molecule has 0 aliphatic heterocycles. The zero-order valence-corrected chi connectivity index (χ0v) is 15.6. The molecule has 28 heavy (non-hydrogen) atoms. The minimum absolute atomic E-state index is 0.0208. The second-order valence-corrected chi connectivity index (χ2v) is 6.91. The minimum atomic E-state index is -1.05. The van der Waals surface area contributed by atoms with E-state index in [-0.39, 0.29) is 41.1 Å². The van der Waals surface area contributed by atoms with E-state index in [4.69, 9.17) is 4.42 Å². The molecule has 144 valence electrons. The molecule has 1 aromatic heterocycles. The van der Waals surface area contributed by atoms with Gasteiger partial charge in [0.25, 0.3) is 0 Å². The second-order valence-electron chi connectivity index (χ2n) is 6.91. The van der Waals surface area contributed by atoms with Gasteiger partial charge in [-0.3, -0.25) is 0 Å².